The van der Waals surface area contributed by atoms with Gasteiger partial charge >= 0.3 is 10.8 Å². The van der Waals surface area contributed by atoms with E-state index in [9.17, 15) is 14.0 Å². The Kier molecular flexibility index (Phi) is 5.15. The molecule has 2 aromatic carbocycles. The Labute approximate surface area is 155 Å². The number of rotatable bonds is 4. The molecule has 3 aromatic rings. The Balaban J connectivity index is 1.87. The molecule has 0 unspecified atom stereocenters. The highest BCUT2D eigenvalue weighted by Crippen LogP contribution is 2.25. The molecule has 0 bridgehead atoms. The first-order valence-corrected chi connectivity index (χ1v) is 8.97. The number of hydrogen-bond donors (Lipinski definition) is 0. The van der Waals surface area contributed by atoms with Crippen LogP contribution in [0, 0.1) is 12.7 Å². The minimum atomic E-state index is -0.550. The number of aryl methyl sites for hydroxylation is 1. The fraction of sp³-hybridized carbons (Fsp3) is 0.111. The first-order chi connectivity index (χ1) is 11.9. The van der Waals surface area contributed by atoms with Gasteiger partial charge in [-0.25, -0.2) is 9.18 Å². The summed E-state index contributed by atoms with van der Waals surface area (Å²) in [5.41, 5.74) is 1.27. The van der Waals surface area contributed by atoms with Crippen LogP contribution in [0.4, 0.5) is 4.39 Å². The monoisotopic (exact) mass is 421 g/mol. The molecule has 0 N–H and O–H groups in total. The molecule has 25 heavy (non-hydrogen) atoms. The highest BCUT2D eigenvalue weighted by atomic mass is 79.9. The van der Waals surface area contributed by atoms with Crippen molar-refractivity contribution in [2.75, 3.05) is 0 Å². The lowest BCUT2D eigenvalue weighted by molar-refractivity contribution is -0.135. The number of aromatic nitrogens is 1. The van der Waals surface area contributed by atoms with E-state index in [1.807, 2.05) is 0 Å². The van der Waals surface area contributed by atoms with Crippen molar-refractivity contribution in [2.24, 2.45) is 0 Å². The zero-order valence-electron chi connectivity index (χ0n) is 13.2. The fourth-order valence-corrected chi connectivity index (χ4v) is 3.54. The minimum absolute atomic E-state index is 0.216. The maximum absolute atomic E-state index is 13.1. The van der Waals surface area contributed by atoms with Gasteiger partial charge in [-0.3, -0.25) is 9.36 Å². The molecule has 7 heteroatoms. The van der Waals surface area contributed by atoms with Gasteiger partial charge in [0.2, 0.25) is 0 Å². The van der Waals surface area contributed by atoms with Crippen LogP contribution in [-0.4, -0.2) is 10.5 Å². The molecule has 0 spiro atoms. The SMILES string of the molecule is Cc1sc(=O)n(CC(=O)Oc2ccc(Br)cc2)c1-c1ccc(F)cc1. The average molecular weight is 422 g/mol. The third-order valence-electron chi connectivity index (χ3n) is 3.51. The van der Waals surface area contributed by atoms with Gasteiger partial charge in [0.1, 0.15) is 18.1 Å². The van der Waals surface area contributed by atoms with E-state index in [4.69, 9.17) is 4.74 Å². The van der Waals surface area contributed by atoms with Crippen LogP contribution in [-0.2, 0) is 11.3 Å². The standard InChI is InChI=1S/C18H13BrFNO3S/c1-11-17(12-2-6-14(20)7-3-12)21(18(23)25-11)10-16(22)24-15-8-4-13(19)5-9-15/h2-9H,10H2,1H3. The van der Waals surface area contributed by atoms with Crippen molar-refractivity contribution in [1.82, 2.24) is 4.57 Å². The molecule has 0 radical (unpaired) electrons. The second-order valence-electron chi connectivity index (χ2n) is 5.29. The average Bonchev–Trinajstić information content (AvgIpc) is 2.84. The molecule has 0 atom stereocenters. The molecule has 0 fully saturated rings. The van der Waals surface area contributed by atoms with E-state index in [2.05, 4.69) is 15.9 Å². The number of carbonyl (C=O) groups is 1. The predicted molar refractivity (Wildman–Crippen MR) is 98.5 cm³/mol. The van der Waals surface area contributed by atoms with Crippen molar-refractivity contribution in [3.05, 3.63) is 73.4 Å². The van der Waals surface area contributed by atoms with Gasteiger partial charge < -0.3 is 4.74 Å². The first kappa shape index (κ1) is 17.6. The molecule has 1 aromatic heterocycles. The van der Waals surface area contributed by atoms with Crippen LogP contribution in [0.15, 0.2) is 57.8 Å². The Hall–Kier alpha value is -2.25. The second-order valence-corrected chi connectivity index (χ2v) is 7.38. The summed E-state index contributed by atoms with van der Waals surface area (Å²) < 4.78 is 20.6. The fourth-order valence-electron chi connectivity index (χ4n) is 2.42. The number of esters is 1. The molecule has 1 heterocycles. The number of hydrogen-bond acceptors (Lipinski definition) is 4. The van der Waals surface area contributed by atoms with Crippen molar-refractivity contribution in [2.45, 2.75) is 13.5 Å². The first-order valence-electron chi connectivity index (χ1n) is 7.36. The van der Waals surface area contributed by atoms with Crippen LogP contribution in [0.1, 0.15) is 4.88 Å². The van der Waals surface area contributed by atoms with Gasteiger partial charge in [0.05, 0.1) is 5.69 Å². The summed E-state index contributed by atoms with van der Waals surface area (Å²) in [5.74, 6) is -0.512. The quantitative estimate of drug-likeness (QED) is 0.463. The van der Waals surface area contributed by atoms with Crippen LogP contribution in [0.25, 0.3) is 11.3 Å². The Bertz CT molecular complexity index is 961. The zero-order valence-corrected chi connectivity index (χ0v) is 15.6. The van der Waals surface area contributed by atoms with E-state index in [1.165, 1.54) is 16.7 Å². The summed E-state index contributed by atoms with van der Waals surface area (Å²) in [6, 6.07) is 12.6. The summed E-state index contributed by atoms with van der Waals surface area (Å²) in [6.07, 6.45) is 0. The second kappa shape index (κ2) is 7.33. The molecule has 3 rings (SSSR count). The van der Waals surface area contributed by atoms with E-state index >= 15 is 0 Å². The number of carbonyl (C=O) groups excluding carboxylic acids is 1. The minimum Gasteiger partial charge on any atom is -0.425 e. The number of benzene rings is 2. The highest BCUT2D eigenvalue weighted by molar-refractivity contribution is 9.10. The maximum Gasteiger partial charge on any atom is 0.331 e. The Morgan fingerprint density at radius 2 is 1.80 bits per heavy atom. The molecule has 0 amide bonds. The van der Waals surface area contributed by atoms with Gasteiger partial charge in [-0.1, -0.05) is 27.3 Å². The van der Waals surface area contributed by atoms with Gasteiger partial charge in [-0.15, -0.1) is 0 Å². The lowest BCUT2D eigenvalue weighted by Gasteiger charge is -2.09. The molecular weight excluding hydrogens is 409 g/mol. The molecule has 0 aliphatic heterocycles. The third-order valence-corrected chi connectivity index (χ3v) is 4.94. The van der Waals surface area contributed by atoms with Gasteiger partial charge in [0, 0.05) is 9.35 Å². The lowest BCUT2D eigenvalue weighted by atomic mass is 10.1. The van der Waals surface area contributed by atoms with E-state index in [-0.39, 0.29) is 17.2 Å². The largest absolute Gasteiger partial charge is 0.425 e. The molecular formula is C18H13BrFNO3S. The topological polar surface area (TPSA) is 48.3 Å². The van der Waals surface area contributed by atoms with Crippen LogP contribution >= 0.6 is 27.3 Å². The zero-order chi connectivity index (χ0) is 18.0. The number of nitrogens with zero attached hydrogens (tertiary/aromatic N) is 1. The Morgan fingerprint density at radius 3 is 2.44 bits per heavy atom. The van der Waals surface area contributed by atoms with Crippen molar-refractivity contribution in [3.63, 3.8) is 0 Å². The van der Waals surface area contributed by atoms with Crippen molar-refractivity contribution < 1.29 is 13.9 Å². The number of thiazole rings is 1. The molecule has 0 saturated heterocycles. The lowest BCUT2D eigenvalue weighted by Crippen LogP contribution is -2.23. The van der Waals surface area contributed by atoms with E-state index < -0.39 is 5.97 Å². The van der Waals surface area contributed by atoms with Gasteiger partial charge in [0.15, 0.2) is 0 Å². The Morgan fingerprint density at radius 1 is 1.16 bits per heavy atom. The normalized spacial score (nSPS) is 10.7. The summed E-state index contributed by atoms with van der Waals surface area (Å²) >= 11 is 4.35. The summed E-state index contributed by atoms with van der Waals surface area (Å²) in [5, 5.41) is 0. The van der Waals surface area contributed by atoms with E-state index in [0.29, 0.717) is 17.0 Å². The van der Waals surface area contributed by atoms with Crippen molar-refractivity contribution in [3.8, 4) is 17.0 Å². The van der Waals surface area contributed by atoms with Gasteiger partial charge in [-0.05, 0) is 61.0 Å². The van der Waals surface area contributed by atoms with Crippen LogP contribution in [0.2, 0.25) is 0 Å². The number of ether oxygens (including phenoxy) is 1. The van der Waals surface area contributed by atoms with Crippen molar-refractivity contribution in [1.29, 1.82) is 0 Å². The van der Waals surface area contributed by atoms with Crippen LogP contribution in [0.5, 0.6) is 5.75 Å². The third kappa shape index (κ3) is 4.05. The maximum atomic E-state index is 13.1. The molecule has 0 saturated carbocycles. The van der Waals surface area contributed by atoms with Crippen LogP contribution < -0.4 is 9.61 Å². The summed E-state index contributed by atoms with van der Waals surface area (Å²) in [4.78, 5) is 24.9. The van der Waals surface area contributed by atoms with Gasteiger partial charge in [0.25, 0.3) is 0 Å². The predicted octanol–water partition coefficient (Wildman–Crippen LogP) is 4.39. The van der Waals surface area contributed by atoms with E-state index in [1.54, 1.807) is 43.3 Å². The molecule has 128 valence electrons. The smallest absolute Gasteiger partial charge is 0.331 e. The van der Waals surface area contributed by atoms with E-state index in [0.717, 1.165) is 20.7 Å². The molecule has 0 aliphatic rings. The molecule has 0 aliphatic carbocycles. The van der Waals surface area contributed by atoms with Crippen molar-refractivity contribution >= 4 is 33.2 Å². The number of halogens is 2. The highest BCUT2D eigenvalue weighted by Gasteiger charge is 2.17. The summed E-state index contributed by atoms with van der Waals surface area (Å²) in [7, 11) is 0. The summed E-state index contributed by atoms with van der Waals surface area (Å²) in [6.45, 7) is 1.58. The van der Waals surface area contributed by atoms with Gasteiger partial charge in [-0.2, -0.15) is 0 Å². The molecule has 4 nitrogen and oxygen atoms in total. The van der Waals surface area contributed by atoms with Crippen LogP contribution in [0.3, 0.4) is 0 Å².